The number of hydrogen-bond acceptors (Lipinski definition) is 3. The highest BCUT2D eigenvalue weighted by Gasteiger charge is 2.28. The Hall–Kier alpha value is -1.06. The Morgan fingerprint density at radius 2 is 2.00 bits per heavy atom. The van der Waals surface area contributed by atoms with E-state index in [1.165, 1.54) is 37.7 Å². The summed E-state index contributed by atoms with van der Waals surface area (Å²) in [6, 6.07) is 8.71. The molecule has 0 amide bonds. The minimum absolute atomic E-state index is 0.263. The average Bonchev–Trinajstić information content (AvgIpc) is 2.55. The maximum absolute atomic E-state index is 5.86. The van der Waals surface area contributed by atoms with Crippen LogP contribution in [0, 0.1) is 11.8 Å². The predicted molar refractivity (Wildman–Crippen MR) is 88.0 cm³/mol. The molecule has 2 rings (SSSR count). The monoisotopic (exact) mass is 290 g/mol. The summed E-state index contributed by atoms with van der Waals surface area (Å²) in [6.45, 7) is 5.20. The van der Waals surface area contributed by atoms with Crippen molar-refractivity contribution in [3.05, 3.63) is 29.8 Å². The van der Waals surface area contributed by atoms with E-state index >= 15 is 0 Å². The zero-order valence-electron chi connectivity index (χ0n) is 13.5. The van der Waals surface area contributed by atoms with Gasteiger partial charge in [-0.15, -0.1) is 0 Å². The summed E-state index contributed by atoms with van der Waals surface area (Å²) in [6.07, 6.45) is 7.61. The van der Waals surface area contributed by atoms with Crippen molar-refractivity contribution >= 4 is 0 Å². The van der Waals surface area contributed by atoms with Gasteiger partial charge in [0.05, 0.1) is 6.61 Å². The van der Waals surface area contributed by atoms with Crippen LogP contribution in [0.5, 0.6) is 5.75 Å². The molecule has 1 aliphatic carbocycles. The van der Waals surface area contributed by atoms with Crippen LogP contribution in [-0.2, 0) is 0 Å². The summed E-state index contributed by atoms with van der Waals surface area (Å²) >= 11 is 0. The number of nitrogens with two attached hydrogens (primary N) is 1. The van der Waals surface area contributed by atoms with E-state index in [1.54, 1.807) is 0 Å². The van der Waals surface area contributed by atoms with Crippen molar-refractivity contribution in [1.82, 2.24) is 5.43 Å². The van der Waals surface area contributed by atoms with E-state index in [1.807, 2.05) is 0 Å². The maximum Gasteiger partial charge on any atom is 0.119 e. The van der Waals surface area contributed by atoms with E-state index in [9.17, 15) is 0 Å². The van der Waals surface area contributed by atoms with E-state index in [0.29, 0.717) is 5.92 Å². The highest BCUT2D eigenvalue weighted by atomic mass is 16.5. The minimum Gasteiger partial charge on any atom is -0.494 e. The summed E-state index contributed by atoms with van der Waals surface area (Å²) in [5, 5.41) is 0. The number of rotatable bonds is 7. The van der Waals surface area contributed by atoms with Gasteiger partial charge in [0.15, 0.2) is 0 Å². The fraction of sp³-hybridized carbons (Fsp3) is 0.667. The molecule has 1 aromatic carbocycles. The van der Waals surface area contributed by atoms with Crippen molar-refractivity contribution in [2.24, 2.45) is 17.7 Å². The van der Waals surface area contributed by atoms with Crippen LogP contribution in [0.1, 0.15) is 64.0 Å². The lowest BCUT2D eigenvalue weighted by Gasteiger charge is -2.34. The molecule has 0 spiro atoms. The Kier molecular flexibility index (Phi) is 6.52. The van der Waals surface area contributed by atoms with Crippen molar-refractivity contribution in [2.45, 2.75) is 58.4 Å². The molecule has 0 heterocycles. The lowest BCUT2D eigenvalue weighted by atomic mass is 9.75. The molecule has 3 unspecified atom stereocenters. The van der Waals surface area contributed by atoms with Gasteiger partial charge < -0.3 is 4.74 Å². The van der Waals surface area contributed by atoms with Crippen molar-refractivity contribution < 1.29 is 4.74 Å². The topological polar surface area (TPSA) is 47.3 Å². The molecule has 1 aromatic rings. The molecule has 3 N–H and O–H groups in total. The summed E-state index contributed by atoms with van der Waals surface area (Å²) in [5.74, 6) is 8.33. The fourth-order valence-electron chi connectivity index (χ4n) is 3.50. The van der Waals surface area contributed by atoms with E-state index < -0.39 is 0 Å². The Balaban J connectivity index is 2.02. The fourth-order valence-corrected chi connectivity index (χ4v) is 3.50. The second-order valence-corrected chi connectivity index (χ2v) is 6.26. The molecule has 0 saturated heterocycles. The maximum atomic E-state index is 5.86. The zero-order valence-corrected chi connectivity index (χ0v) is 13.5. The van der Waals surface area contributed by atoms with Crippen molar-refractivity contribution in [3.63, 3.8) is 0 Å². The van der Waals surface area contributed by atoms with E-state index in [4.69, 9.17) is 10.6 Å². The first-order valence-electron chi connectivity index (χ1n) is 8.47. The Morgan fingerprint density at radius 1 is 1.24 bits per heavy atom. The van der Waals surface area contributed by atoms with Crippen LogP contribution in [0.25, 0.3) is 0 Å². The number of hydrogen-bond donors (Lipinski definition) is 2. The molecule has 1 aliphatic rings. The lowest BCUT2D eigenvalue weighted by molar-refractivity contribution is 0.210. The van der Waals surface area contributed by atoms with Gasteiger partial charge in [-0.25, -0.2) is 0 Å². The van der Waals surface area contributed by atoms with Gasteiger partial charge in [0, 0.05) is 6.04 Å². The molecule has 3 heteroatoms. The van der Waals surface area contributed by atoms with Gasteiger partial charge >= 0.3 is 0 Å². The Bertz CT molecular complexity index is 404. The van der Waals surface area contributed by atoms with Gasteiger partial charge in [-0.05, 0) is 48.8 Å². The molecule has 1 saturated carbocycles. The quantitative estimate of drug-likeness (QED) is 0.584. The second kappa shape index (κ2) is 8.40. The van der Waals surface area contributed by atoms with Gasteiger partial charge in [-0.2, -0.15) is 0 Å². The first-order chi connectivity index (χ1) is 10.3. The highest BCUT2D eigenvalue weighted by molar-refractivity contribution is 5.29. The molecule has 21 heavy (non-hydrogen) atoms. The Labute approximate surface area is 129 Å². The van der Waals surface area contributed by atoms with Crippen LogP contribution in [0.2, 0.25) is 0 Å². The average molecular weight is 290 g/mol. The molecule has 3 atom stereocenters. The highest BCUT2D eigenvalue weighted by Crippen LogP contribution is 2.38. The summed E-state index contributed by atoms with van der Waals surface area (Å²) in [7, 11) is 0. The van der Waals surface area contributed by atoms with E-state index in [2.05, 4.69) is 43.5 Å². The molecule has 3 nitrogen and oxygen atoms in total. The molecule has 118 valence electrons. The number of hydrazine groups is 1. The molecule has 0 radical (unpaired) electrons. The van der Waals surface area contributed by atoms with Crippen LogP contribution in [0.15, 0.2) is 24.3 Å². The van der Waals surface area contributed by atoms with Crippen LogP contribution < -0.4 is 16.0 Å². The van der Waals surface area contributed by atoms with Gasteiger partial charge in [-0.1, -0.05) is 45.2 Å². The number of ether oxygens (including phenoxy) is 1. The summed E-state index contributed by atoms with van der Waals surface area (Å²) in [4.78, 5) is 0. The SMILES string of the molecule is CCCOc1ccc(C(NN)C2CCCC(CC)C2)cc1. The lowest BCUT2D eigenvalue weighted by Crippen LogP contribution is -2.35. The van der Waals surface area contributed by atoms with E-state index in [-0.39, 0.29) is 6.04 Å². The van der Waals surface area contributed by atoms with Crippen LogP contribution in [-0.4, -0.2) is 6.61 Å². The van der Waals surface area contributed by atoms with Crippen LogP contribution in [0.4, 0.5) is 0 Å². The van der Waals surface area contributed by atoms with Crippen LogP contribution >= 0.6 is 0 Å². The third-order valence-corrected chi connectivity index (χ3v) is 4.76. The van der Waals surface area contributed by atoms with Crippen LogP contribution in [0.3, 0.4) is 0 Å². The minimum atomic E-state index is 0.263. The summed E-state index contributed by atoms with van der Waals surface area (Å²) in [5.41, 5.74) is 4.34. The smallest absolute Gasteiger partial charge is 0.119 e. The molecular formula is C18H30N2O. The largest absolute Gasteiger partial charge is 0.494 e. The van der Waals surface area contributed by atoms with Crippen molar-refractivity contribution in [2.75, 3.05) is 6.61 Å². The van der Waals surface area contributed by atoms with Crippen molar-refractivity contribution in [3.8, 4) is 5.75 Å². The van der Waals surface area contributed by atoms with Gasteiger partial charge in [0.1, 0.15) is 5.75 Å². The second-order valence-electron chi connectivity index (χ2n) is 6.26. The van der Waals surface area contributed by atoms with Crippen molar-refractivity contribution in [1.29, 1.82) is 0 Å². The number of nitrogens with one attached hydrogen (secondary N) is 1. The first-order valence-corrected chi connectivity index (χ1v) is 8.47. The molecule has 0 aromatic heterocycles. The number of benzene rings is 1. The standard InChI is InChI=1S/C18H30N2O/c1-3-12-21-17-10-8-15(9-11-17)18(20-19)16-7-5-6-14(4-2)13-16/h8-11,14,16,18,20H,3-7,12-13,19H2,1-2H3. The third kappa shape index (κ3) is 4.45. The molecular weight excluding hydrogens is 260 g/mol. The zero-order chi connectivity index (χ0) is 15.1. The molecule has 1 fully saturated rings. The first kappa shape index (κ1) is 16.3. The Morgan fingerprint density at radius 3 is 2.62 bits per heavy atom. The van der Waals surface area contributed by atoms with Gasteiger partial charge in [-0.3, -0.25) is 11.3 Å². The van der Waals surface area contributed by atoms with Gasteiger partial charge in [0.2, 0.25) is 0 Å². The van der Waals surface area contributed by atoms with E-state index in [0.717, 1.165) is 24.7 Å². The molecule has 0 bridgehead atoms. The summed E-state index contributed by atoms with van der Waals surface area (Å²) < 4.78 is 5.65. The third-order valence-electron chi connectivity index (χ3n) is 4.76. The predicted octanol–water partition coefficient (Wildman–Crippen LogP) is 4.20. The molecule has 0 aliphatic heterocycles. The van der Waals surface area contributed by atoms with Gasteiger partial charge in [0.25, 0.3) is 0 Å². The normalized spacial score (nSPS) is 23.8.